The molecule has 2 unspecified atom stereocenters. The highest BCUT2D eigenvalue weighted by molar-refractivity contribution is 5.79. The number of carbonyl (C=O) groups excluding carboxylic acids is 1. The van der Waals surface area contributed by atoms with Crippen molar-refractivity contribution in [3.63, 3.8) is 0 Å². The van der Waals surface area contributed by atoms with E-state index in [1.54, 1.807) is 12.1 Å². The molecule has 21 heavy (non-hydrogen) atoms. The highest BCUT2D eigenvalue weighted by Crippen LogP contribution is 2.28. The third-order valence-electron chi connectivity index (χ3n) is 4.49. The number of fused-ring (bicyclic) bond motifs is 1. The van der Waals surface area contributed by atoms with Crippen LogP contribution in [0.2, 0.25) is 0 Å². The molecule has 4 heteroatoms. The van der Waals surface area contributed by atoms with Gasteiger partial charge in [0.1, 0.15) is 0 Å². The standard InChI is InChI=1S/C17H20N2O2/c18-12-14-7-5-13(6-8-14)11-17(20)19-9-10-21-16-4-2-1-3-15(16)19/h5-8,15-16H,1-4,9-11H2. The van der Waals surface area contributed by atoms with Crippen LogP contribution in [0.15, 0.2) is 24.3 Å². The summed E-state index contributed by atoms with van der Waals surface area (Å²) >= 11 is 0. The maximum absolute atomic E-state index is 12.6. The minimum absolute atomic E-state index is 0.180. The molecule has 1 aromatic rings. The van der Waals surface area contributed by atoms with E-state index >= 15 is 0 Å². The first-order valence-corrected chi connectivity index (χ1v) is 7.68. The third kappa shape index (κ3) is 3.08. The predicted octanol–water partition coefficient (Wildman–Crippen LogP) is 2.27. The molecular formula is C17H20N2O2. The molecule has 4 nitrogen and oxygen atoms in total. The van der Waals surface area contributed by atoms with Crippen molar-refractivity contribution in [1.29, 1.82) is 5.26 Å². The summed E-state index contributed by atoms with van der Waals surface area (Å²) in [4.78, 5) is 14.6. The first-order chi connectivity index (χ1) is 10.3. The fraction of sp³-hybridized carbons (Fsp3) is 0.529. The van der Waals surface area contributed by atoms with Crippen LogP contribution in [0.3, 0.4) is 0 Å². The Morgan fingerprint density at radius 2 is 2.05 bits per heavy atom. The van der Waals surface area contributed by atoms with Crippen molar-refractivity contribution in [3.8, 4) is 6.07 Å². The number of nitriles is 1. The zero-order valence-corrected chi connectivity index (χ0v) is 12.1. The zero-order chi connectivity index (χ0) is 14.7. The summed E-state index contributed by atoms with van der Waals surface area (Å²) in [6.07, 6.45) is 5.17. The van der Waals surface area contributed by atoms with Gasteiger partial charge >= 0.3 is 0 Å². The number of morpholine rings is 1. The van der Waals surface area contributed by atoms with E-state index in [4.69, 9.17) is 10.00 Å². The molecule has 1 aliphatic carbocycles. The topological polar surface area (TPSA) is 53.3 Å². The van der Waals surface area contributed by atoms with Crippen molar-refractivity contribution >= 4 is 5.91 Å². The molecule has 0 bridgehead atoms. The molecule has 0 radical (unpaired) electrons. The minimum atomic E-state index is 0.180. The third-order valence-corrected chi connectivity index (χ3v) is 4.49. The maximum atomic E-state index is 12.6. The van der Waals surface area contributed by atoms with Crippen molar-refractivity contribution in [3.05, 3.63) is 35.4 Å². The molecular weight excluding hydrogens is 264 g/mol. The molecule has 2 fully saturated rings. The van der Waals surface area contributed by atoms with Crippen molar-refractivity contribution in [2.24, 2.45) is 0 Å². The Morgan fingerprint density at radius 3 is 2.81 bits per heavy atom. The number of amides is 1. The van der Waals surface area contributed by atoms with Gasteiger partial charge in [-0.05, 0) is 30.5 Å². The SMILES string of the molecule is N#Cc1ccc(CC(=O)N2CCOC3CCCCC32)cc1. The summed E-state index contributed by atoms with van der Waals surface area (Å²) in [5, 5.41) is 8.80. The van der Waals surface area contributed by atoms with E-state index in [9.17, 15) is 4.79 Å². The molecule has 1 aromatic carbocycles. The molecule has 1 heterocycles. The average molecular weight is 284 g/mol. The van der Waals surface area contributed by atoms with Gasteiger partial charge in [-0.15, -0.1) is 0 Å². The van der Waals surface area contributed by atoms with Crippen LogP contribution in [-0.4, -0.2) is 36.1 Å². The lowest BCUT2D eigenvalue weighted by Gasteiger charge is -2.43. The summed E-state index contributed by atoms with van der Waals surface area (Å²) < 4.78 is 5.81. The number of ether oxygens (including phenoxy) is 1. The van der Waals surface area contributed by atoms with Crippen LogP contribution in [0, 0.1) is 11.3 Å². The van der Waals surface area contributed by atoms with E-state index in [-0.39, 0.29) is 18.1 Å². The minimum Gasteiger partial charge on any atom is -0.374 e. The van der Waals surface area contributed by atoms with Crippen LogP contribution in [0.4, 0.5) is 0 Å². The van der Waals surface area contributed by atoms with Gasteiger partial charge in [-0.25, -0.2) is 0 Å². The second kappa shape index (κ2) is 6.28. The van der Waals surface area contributed by atoms with Gasteiger partial charge in [-0.2, -0.15) is 5.26 Å². The Hall–Kier alpha value is -1.86. The van der Waals surface area contributed by atoms with Crippen molar-refractivity contribution in [1.82, 2.24) is 4.90 Å². The molecule has 0 spiro atoms. The molecule has 0 N–H and O–H groups in total. The van der Waals surface area contributed by atoms with Crippen molar-refractivity contribution in [2.75, 3.05) is 13.2 Å². The number of hydrogen-bond acceptors (Lipinski definition) is 3. The normalized spacial score (nSPS) is 25.0. The molecule has 1 amide bonds. The fourth-order valence-electron chi connectivity index (χ4n) is 3.38. The van der Waals surface area contributed by atoms with E-state index < -0.39 is 0 Å². The van der Waals surface area contributed by atoms with E-state index in [1.165, 1.54) is 12.8 Å². The second-order valence-corrected chi connectivity index (χ2v) is 5.83. The predicted molar refractivity (Wildman–Crippen MR) is 78.6 cm³/mol. The molecule has 1 aliphatic heterocycles. The Balaban J connectivity index is 1.67. The summed E-state index contributed by atoms with van der Waals surface area (Å²) in [5.41, 5.74) is 1.60. The van der Waals surface area contributed by atoms with Gasteiger partial charge < -0.3 is 9.64 Å². The van der Waals surface area contributed by atoms with Gasteiger partial charge in [-0.1, -0.05) is 25.0 Å². The Morgan fingerprint density at radius 1 is 1.29 bits per heavy atom. The highest BCUT2D eigenvalue weighted by Gasteiger charge is 2.36. The van der Waals surface area contributed by atoms with E-state index in [1.807, 2.05) is 17.0 Å². The average Bonchev–Trinajstić information content (AvgIpc) is 2.55. The Labute approximate surface area is 125 Å². The number of carbonyl (C=O) groups is 1. The largest absolute Gasteiger partial charge is 0.374 e. The van der Waals surface area contributed by atoms with Gasteiger partial charge in [0.25, 0.3) is 0 Å². The van der Waals surface area contributed by atoms with Crippen molar-refractivity contribution in [2.45, 2.75) is 44.2 Å². The zero-order valence-electron chi connectivity index (χ0n) is 12.1. The lowest BCUT2D eigenvalue weighted by atomic mass is 9.90. The monoisotopic (exact) mass is 284 g/mol. The number of benzene rings is 1. The van der Waals surface area contributed by atoms with E-state index in [0.717, 1.165) is 18.4 Å². The fourth-order valence-corrected chi connectivity index (χ4v) is 3.38. The van der Waals surface area contributed by atoms with E-state index in [0.29, 0.717) is 25.1 Å². The van der Waals surface area contributed by atoms with Gasteiger partial charge in [0.05, 0.1) is 36.8 Å². The Bertz CT molecular complexity index is 545. The second-order valence-electron chi connectivity index (χ2n) is 5.83. The van der Waals surface area contributed by atoms with Crippen LogP contribution in [0.5, 0.6) is 0 Å². The number of hydrogen-bond donors (Lipinski definition) is 0. The molecule has 2 atom stereocenters. The smallest absolute Gasteiger partial charge is 0.227 e. The molecule has 0 aromatic heterocycles. The van der Waals surface area contributed by atoms with Crippen LogP contribution in [-0.2, 0) is 16.0 Å². The Kier molecular flexibility index (Phi) is 4.21. The highest BCUT2D eigenvalue weighted by atomic mass is 16.5. The van der Waals surface area contributed by atoms with Gasteiger partial charge in [0.15, 0.2) is 0 Å². The summed E-state index contributed by atoms with van der Waals surface area (Å²) in [6, 6.07) is 9.64. The maximum Gasteiger partial charge on any atom is 0.227 e. The van der Waals surface area contributed by atoms with Gasteiger partial charge in [0.2, 0.25) is 5.91 Å². The lowest BCUT2D eigenvalue weighted by Crippen LogP contribution is -2.55. The molecule has 3 rings (SSSR count). The van der Waals surface area contributed by atoms with Crippen LogP contribution >= 0.6 is 0 Å². The molecule has 1 saturated carbocycles. The quantitative estimate of drug-likeness (QED) is 0.837. The first-order valence-electron chi connectivity index (χ1n) is 7.68. The van der Waals surface area contributed by atoms with Gasteiger partial charge in [-0.3, -0.25) is 4.79 Å². The van der Waals surface area contributed by atoms with Crippen LogP contribution in [0.1, 0.15) is 36.8 Å². The van der Waals surface area contributed by atoms with Gasteiger partial charge in [0, 0.05) is 6.54 Å². The summed E-state index contributed by atoms with van der Waals surface area (Å²) in [5.74, 6) is 0.180. The molecule has 1 saturated heterocycles. The van der Waals surface area contributed by atoms with Crippen LogP contribution < -0.4 is 0 Å². The lowest BCUT2D eigenvalue weighted by molar-refractivity contribution is -0.148. The number of nitrogens with zero attached hydrogens (tertiary/aromatic N) is 2. The summed E-state index contributed by atoms with van der Waals surface area (Å²) in [6.45, 7) is 1.36. The van der Waals surface area contributed by atoms with Crippen molar-refractivity contribution < 1.29 is 9.53 Å². The first kappa shape index (κ1) is 14.1. The van der Waals surface area contributed by atoms with Crippen LogP contribution in [0.25, 0.3) is 0 Å². The number of rotatable bonds is 2. The summed E-state index contributed by atoms with van der Waals surface area (Å²) in [7, 11) is 0. The van der Waals surface area contributed by atoms with E-state index in [2.05, 4.69) is 6.07 Å². The molecule has 2 aliphatic rings. The molecule has 110 valence electrons.